The van der Waals surface area contributed by atoms with Crippen LogP contribution >= 0.6 is 0 Å². The molecule has 1 aliphatic rings. The van der Waals surface area contributed by atoms with Crippen molar-refractivity contribution in [3.63, 3.8) is 0 Å². The van der Waals surface area contributed by atoms with Crippen molar-refractivity contribution in [3.05, 3.63) is 58.1 Å². The van der Waals surface area contributed by atoms with Crippen LogP contribution in [0.2, 0.25) is 0 Å². The Morgan fingerprint density at radius 3 is 2.62 bits per heavy atom. The number of hydrogen-bond acceptors (Lipinski definition) is 6. The summed E-state index contributed by atoms with van der Waals surface area (Å²) < 4.78 is 5.69. The van der Waals surface area contributed by atoms with Crippen LogP contribution in [0, 0.1) is 10.1 Å². The molecule has 0 saturated heterocycles. The fourth-order valence-corrected chi connectivity index (χ4v) is 2.45. The summed E-state index contributed by atoms with van der Waals surface area (Å²) in [5.74, 6) is -0.975. The third kappa shape index (κ3) is 2.81. The topological polar surface area (TPSA) is 103 Å². The van der Waals surface area contributed by atoms with Gasteiger partial charge in [0.1, 0.15) is 5.78 Å². The van der Waals surface area contributed by atoms with Gasteiger partial charge in [-0.05, 0) is 22.9 Å². The van der Waals surface area contributed by atoms with E-state index >= 15 is 0 Å². The number of rotatable bonds is 4. The van der Waals surface area contributed by atoms with E-state index in [0.717, 1.165) is 4.90 Å². The summed E-state index contributed by atoms with van der Waals surface area (Å²) >= 11 is 0. The van der Waals surface area contributed by atoms with Crippen LogP contribution in [-0.4, -0.2) is 28.1 Å². The summed E-state index contributed by atoms with van der Waals surface area (Å²) in [7, 11) is 0. The third-order valence-electron chi connectivity index (χ3n) is 3.49. The maximum atomic E-state index is 12.7. The molecule has 0 fully saturated rings. The summed E-state index contributed by atoms with van der Waals surface area (Å²) in [6.07, 6.45) is -0.929. The molecule has 24 heavy (non-hydrogen) atoms. The Kier molecular flexibility index (Phi) is 3.95. The summed E-state index contributed by atoms with van der Waals surface area (Å²) in [6, 6.07) is 11.4. The number of Topliss-reactive ketones (excluding diaryl/α,β-unsaturated/α-hetero) is 1. The van der Waals surface area contributed by atoms with Gasteiger partial charge in [0.2, 0.25) is 6.10 Å². The second-order valence-corrected chi connectivity index (χ2v) is 5.28. The molecular weight excluding hydrogens is 314 g/mol. The van der Waals surface area contributed by atoms with Crippen LogP contribution in [0.15, 0.2) is 42.5 Å². The highest BCUT2D eigenvalue weighted by molar-refractivity contribution is 6.03. The molecule has 1 atom stereocenters. The number of nitrogens with zero attached hydrogens (tertiary/aromatic N) is 3. The Morgan fingerprint density at radius 2 is 2.00 bits per heavy atom. The number of anilines is 1. The van der Waals surface area contributed by atoms with Crippen LogP contribution in [0.3, 0.4) is 0 Å². The predicted molar refractivity (Wildman–Crippen MR) is 83.7 cm³/mol. The minimum Gasteiger partial charge on any atom is -0.469 e. The number of carbonyl (C=O) groups is 2. The molecule has 0 saturated carbocycles. The van der Waals surface area contributed by atoms with Crippen molar-refractivity contribution in [1.82, 2.24) is 4.98 Å². The number of hydrogen-bond donors (Lipinski definition) is 0. The molecule has 0 spiro atoms. The molecule has 8 nitrogen and oxygen atoms in total. The summed E-state index contributed by atoms with van der Waals surface area (Å²) in [6.45, 7) is 1.10. The largest absolute Gasteiger partial charge is 0.469 e. The number of aromatic nitrogens is 1. The van der Waals surface area contributed by atoms with Crippen LogP contribution in [-0.2, 0) is 9.59 Å². The van der Waals surface area contributed by atoms with E-state index in [1.807, 2.05) is 6.07 Å². The van der Waals surface area contributed by atoms with E-state index in [1.54, 1.807) is 24.3 Å². The average molecular weight is 327 g/mol. The average Bonchev–Trinajstić information content (AvgIpc) is 2.57. The molecule has 1 aromatic carbocycles. The molecule has 0 bridgehead atoms. The highest BCUT2D eigenvalue weighted by Crippen LogP contribution is 2.38. The van der Waals surface area contributed by atoms with Crippen molar-refractivity contribution in [2.24, 2.45) is 0 Å². The van der Waals surface area contributed by atoms with E-state index < -0.39 is 22.8 Å². The zero-order chi connectivity index (χ0) is 17.3. The lowest BCUT2D eigenvalue weighted by molar-refractivity contribution is -0.389. The maximum absolute atomic E-state index is 12.7. The van der Waals surface area contributed by atoms with Gasteiger partial charge in [-0.1, -0.05) is 30.3 Å². The second kappa shape index (κ2) is 6.07. The smallest absolute Gasteiger partial charge is 0.366 e. The Hall–Kier alpha value is -3.29. The number of ether oxygens (including phenoxy) is 1. The van der Waals surface area contributed by atoms with Gasteiger partial charge >= 0.3 is 5.82 Å². The molecule has 2 heterocycles. The molecule has 1 unspecified atom stereocenters. The highest BCUT2D eigenvalue weighted by Gasteiger charge is 2.40. The van der Waals surface area contributed by atoms with Crippen molar-refractivity contribution >= 4 is 23.3 Å². The van der Waals surface area contributed by atoms with Crippen LogP contribution in [0.5, 0.6) is 5.75 Å². The van der Waals surface area contributed by atoms with Gasteiger partial charge in [-0.25, -0.2) is 0 Å². The van der Waals surface area contributed by atoms with Crippen molar-refractivity contribution < 1.29 is 19.2 Å². The maximum Gasteiger partial charge on any atom is 0.366 e. The van der Waals surface area contributed by atoms with E-state index in [-0.39, 0.29) is 23.9 Å². The van der Waals surface area contributed by atoms with E-state index in [9.17, 15) is 19.7 Å². The number of pyridine rings is 1. The minimum atomic E-state index is -0.929. The first-order valence-electron chi connectivity index (χ1n) is 7.15. The molecule has 122 valence electrons. The number of nitro groups is 1. The Morgan fingerprint density at radius 1 is 1.29 bits per heavy atom. The predicted octanol–water partition coefficient (Wildman–Crippen LogP) is 2.05. The van der Waals surface area contributed by atoms with Gasteiger partial charge in [0, 0.05) is 11.6 Å². The van der Waals surface area contributed by atoms with E-state index in [0.29, 0.717) is 5.56 Å². The number of benzene rings is 1. The Labute approximate surface area is 136 Å². The quantitative estimate of drug-likeness (QED) is 0.629. The summed E-state index contributed by atoms with van der Waals surface area (Å²) in [5.41, 5.74) is 0.625. The van der Waals surface area contributed by atoms with Crippen molar-refractivity contribution in [2.75, 3.05) is 11.4 Å². The first-order valence-corrected chi connectivity index (χ1v) is 7.15. The Balaban J connectivity index is 2.08. The van der Waals surface area contributed by atoms with Crippen LogP contribution in [0.1, 0.15) is 18.6 Å². The van der Waals surface area contributed by atoms with Crippen molar-refractivity contribution in [3.8, 4) is 5.75 Å². The van der Waals surface area contributed by atoms with Gasteiger partial charge in [-0.2, -0.15) is 0 Å². The number of amides is 1. The van der Waals surface area contributed by atoms with Gasteiger partial charge in [0.15, 0.2) is 5.75 Å². The second-order valence-electron chi connectivity index (χ2n) is 5.28. The summed E-state index contributed by atoms with van der Waals surface area (Å²) in [5, 5.41) is 10.9. The van der Waals surface area contributed by atoms with Gasteiger partial charge in [0.05, 0.1) is 6.54 Å². The van der Waals surface area contributed by atoms with Gasteiger partial charge in [-0.3, -0.25) is 14.5 Å². The number of fused-ring (bicyclic) bond motifs is 1. The first-order chi connectivity index (χ1) is 11.5. The lowest BCUT2D eigenvalue weighted by Crippen LogP contribution is -2.44. The van der Waals surface area contributed by atoms with Crippen LogP contribution < -0.4 is 9.64 Å². The molecule has 0 aliphatic carbocycles. The lowest BCUT2D eigenvalue weighted by atomic mass is 10.1. The van der Waals surface area contributed by atoms with E-state index in [4.69, 9.17) is 4.74 Å². The zero-order valence-electron chi connectivity index (χ0n) is 12.7. The standard InChI is InChI=1S/C16H13N3O5/c1-10(20)9-18-15-12(7-8-13(17-15)19(22)23)24-14(16(18)21)11-5-3-2-4-6-11/h2-8,14H,9H2,1H3. The third-order valence-corrected chi connectivity index (χ3v) is 3.49. The monoisotopic (exact) mass is 327 g/mol. The molecule has 8 heteroatoms. The van der Waals surface area contributed by atoms with Gasteiger partial charge in [0.25, 0.3) is 11.7 Å². The minimum absolute atomic E-state index is 0.0171. The molecular formula is C16H13N3O5. The van der Waals surface area contributed by atoms with Gasteiger partial charge in [-0.15, -0.1) is 0 Å². The van der Waals surface area contributed by atoms with Crippen LogP contribution in [0.4, 0.5) is 11.6 Å². The molecule has 1 aliphatic heterocycles. The molecule has 1 aromatic heterocycles. The number of ketones is 1. The fraction of sp³-hybridized carbons (Fsp3) is 0.188. The first kappa shape index (κ1) is 15.6. The number of carbonyl (C=O) groups excluding carboxylic acids is 2. The molecule has 2 aromatic rings. The highest BCUT2D eigenvalue weighted by atomic mass is 16.6. The fourth-order valence-electron chi connectivity index (χ4n) is 2.45. The normalized spacial score (nSPS) is 16.3. The summed E-state index contributed by atoms with van der Waals surface area (Å²) in [4.78, 5) is 39.5. The van der Waals surface area contributed by atoms with E-state index in [2.05, 4.69) is 4.98 Å². The van der Waals surface area contributed by atoms with Crippen molar-refractivity contribution in [2.45, 2.75) is 13.0 Å². The van der Waals surface area contributed by atoms with Crippen molar-refractivity contribution in [1.29, 1.82) is 0 Å². The molecule has 1 amide bonds. The van der Waals surface area contributed by atoms with Gasteiger partial charge < -0.3 is 14.9 Å². The lowest BCUT2D eigenvalue weighted by Gasteiger charge is -2.30. The molecule has 3 rings (SSSR count). The van der Waals surface area contributed by atoms with Crippen LogP contribution in [0.25, 0.3) is 0 Å². The SMILES string of the molecule is CC(=O)CN1C(=O)C(c2ccccc2)Oc2ccc([N+](=O)[O-])nc21. The molecule has 0 radical (unpaired) electrons. The molecule has 0 N–H and O–H groups in total. The zero-order valence-corrected chi connectivity index (χ0v) is 12.7. The van der Waals surface area contributed by atoms with E-state index in [1.165, 1.54) is 19.1 Å². The Bertz CT molecular complexity index is 822.